The molecule has 0 aliphatic rings. The van der Waals surface area contributed by atoms with Crippen LogP contribution in [0.15, 0.2) is 54.6 Å². The number of hydrogen-bond acceptors (Lipinski definition) is 2. The van der Waals surface area contributed by atoms with Crippen LogP contribution in [0, 0.1) is 0 Å². The smallest absolute Gasteiger partial charge is 0.251 e. The molecule has 1 atom stereocenters. The van der Waals surface area contributed by atoms with Gasteiger partial charge < -0.3 is 10.4 Å². The lowest BCUT2D eigenvalue weighted by Crippen LogP contribution is -2.28. The van der Waals surface area contributed by atoms with E-state index in [0.29, 0.717) is 11.5 Å². The number of nitrogens with one attached hydrogen (secondary N) is 1. The van der Waals surface area contributed by atoms with Crippen LogP contribution in [-0.2, 0) is 0 Å². The van der Waals surface area contributed by atoms with E-state index in [4.69, 9.17) is 0 Å². The van der Waals surface area contributed by atoms with E-state index in [-0.39, 0.29) is 12.5 Å². The van der Waals surface area contributed by atoms with Crippen LogP contribution in [0.3, 0.4) is 0 Å². The van der Waals surface area contributed by atoms with E-state index in [1.807, 2.05) is 54.6 Å². The molecule has 0 bridgehead atoms. The van der Waals surface area contributed by atoms with Gasteiger partial charge in [-0.05, 0) is 29.2 Å². The van der Waals surface area contributed by atoms with Gasteiger partial charge in [-0.3, -0.25) is 4.79 Å². The Balaban J connectivity index is 1.92. The number of benzene rings is 2. The van der Waals surface area contributed by atoms with Crippen LogP contribution in [0.4, 0.5) is 0 Å². The molecule has 21 heavy (non-hydrogen) atoms. The molecule has 0 aliphatic heterocycles. The molecule has 0 spiro atoms. The van der Waals surface area contributed by atoms with Crippen molar-refractivity contribution in [1.82, 2.24) is 5.32 Å². The number of carbonyl (C=O) groups is 1. The summed E-state index contributed by atoms with van der Waals surface area (Å²) in [6, 6.07) is 16.9. The molecular weight excluding hydrogens is 262 g/mol. The third kappa shape index (κ3) is 4.17. The zero-order valence-electron chi connectivity index (χ0n) is 12.4. The van der Waals surface area contributed by atoms with Crippen molar-refractivity contribution in [2.24, 2.45) is 0 Å². The fourth-order valence-electron chi connectivity index (χ4n) is 2.10. The highest BCUT2D eigenvalue weighted by Gasteiger charge is 2.10. The number of aliphatic hydroxyl groups excluding tert-OH is 1. The molecule has 0 aromatic heterocycles. The third-order valence-corrected chi connectivity index (χ3v) is 3.48. The average molecular weight is 283 g/mol. The molecule has 2 aromatic rings. The molecule has 0 heterocycles. The Bertz CT molecular complexity index is 576. The van der Waals surface area contributed by atoms with Gasteiger partial charge in [-0.1, -0.05) is 56.3 Å². The summed E-state index contributed by atoms with van der Waals surface area (Å²) in [5.74, 6) is 0.280. The first-order valence-corrected chi connectivity index (χ1v) is 7.19. The highest BCUT2D eigenvalue weighted by atomic mass is 16.3. The zero-order valence-corrected chi connectivity index (χ0v) is 12.4. The number of aliphatic hydroxyl groups is 1. The maximum absolute atomic E-state index is 12.0. The summed E-state index contributed by atoms with van der Waals surface area (Å²) in [6.45, 7) is 4.44. The quantitative estimate of drug-likeness (QED) is 0.884. The second-order valence-corrected chi connectivity index (χ2v) is 5.41. The molecule has 2 aromatic carbocycles. The topological polar surface area (TPSA) is 49.3 Å². The standard InChI is InChI=1S/C18H21NO2/c1-13(2)14-8-10-16(11-9-14)18(21)19-12-17(20)15-6-4-3-5-7-15/h3-11,13,17,20H,12H2,1-2H3,(H,19,21). The monoisotopic (exact) mass is 283 g/mol. The summed E-state index contributed by atoms with van der Waals surface area (Å²) < 4.78 is 0. The van der Waals surface area contributed by atoms with Crippen molar-refractivity contribution < 1.29 is 9.90 Å². The van der Waals surface area contributed by atoms with E-state index in [2.05, 4.69) is 19.2 Å². The molecule has 3 heteroatoms. The van der Waals surface area contributed by atoms with Crippen molar-refractivity contribution in [3.8, 4) is 0 Å². The minimum atomic E-state index is -0.690. The maximum atomic E-state index is 12.0. The summed E-state index contributed by atoms with van der Waals surface area (Å²) in [7, 11) is 0. The number of amides is 1. The Kier molecular flexibility index (Phi) is 5.12. The van der Waals surface area contributed by atoms with Crippen LogP contribution in [0.5, 0.6) is 0 Å². The van der Waals surface area contributed by atoms with Crippen LogP contribution in [0.1, 0.15) is 47.4 Å². The molecule has 2 rings (SSSR count). The van der Waals surface area contributed by atoms with E-state index in [9.17, 15) is 9.90 Å². The second-order valence-electron chi connectivity index (χ2n) is 5.41. The number of rotatable bonds is 5. The Morgan fingerprint density at radius 1 is 1.00 bits per heavy atom. The van der Waals surface area contributed by atoms with Crippen LogP contribution >= 0.6 is 0 Å². The third-order valence-electron chi connectivity index (χ3n) is 3.48. The van der Waals surface area contributed by atoms with Gasteiger partial charge in [0, 0.05) is 12.1 Å². The van der Waals surface area contributed by atoms with Gasteiger partial charge in [-0.25, -0.2) is 0 Å². The van der Waals surface area contributed by atoms with Gasteiger partial charge in [0.1, 0.15) is 0 Å². The molecule has 0 saturated heterocycles. The Hall–Kier alpha value is -2.13. The highest BCUT2D eigenvalue weighted by Crippen LogP contribution is 2.15. The first kappa shape index (κ1) is 15.3. The van der Waals surface area contributed by atoms with Gasteiger partial charge in [0.25, 0.3) is 5.91 Å². The predicted molar refractivity (Wildman–Crippen MR) is 84.3 cm³/mol. The molecule has 3 nitrogen and oxygen atoms in total. The molecule has 0 aliphatic carbocycles. The minimum absolute atomic E-state index is 0.166. The van der Waals surface area contributed by atoms with E-state index in [1.54, 1.807) is 0 Å². The maximum Gasteiger partial charge on any atom is 0.251 e. The summed E-state index contributed by atoms with van der Waals surface area (Å²) in [4.78, 5) is 12.0. The van der Waals surface area contributed by atoms with Crippen molar-refractivity contribution in [2.45, 2.75) is 25.9 Å². The largest absolute Gasteiger partial charge is 0.387 e. The summed E-state index contributed by atoms with van der Waals surface area (Å²) in [5, 5.41) is 12.8. The van der Waals surface area contributed by atoms with Crippen molar-refractivity contribution in [3.05, 3.63) is 71.3 Å². The van der Waals surface area contributed by atoms with Gasteiger partial charge in [0.15, 0.2) is 0 Å². The Morgan fingerprint density at radius 2 is 1.62 bits per heavy atom. The minimum Gasteiger partial charge on any atom is -0.387 e. The van der Waals surface area contributed by atoms with Crippen LogP contribution in [0.25, 0.3) is 0 Å². The molecule has 2 N–H and O–H groups in total. The van der Waals surface area contributed by atoms with Crippen molar-refractivity contribution in [3.63, 3.8) is 0 Å². The van der Waals surface area contributed by atoms with Crippen LogP contribution < -0.4 is 5.32 Å². The zero-order chi connectivity index (χ0) is 15.2. The second kappa shape index (κ2) is 7.04. The lowest BCUT2D eigenvalue weighted by Gasteiger charge is -2.12. The fourth-order valence-corrected chi connectivity index (χ4v) is 2.10. The summed E-state index contributed by atoms with van der Waals surface area (Å²) in [6.07, 6.45) is -0.690. The molecule has 1 amide bonds. The lowest BCUT2D eigenvalue weighted by molar-refractivity contribution is 0.0916. The number of carbonyl (C=O) groups excluding carboxylic acids is 1. The van der Waals surface area contributed by atoms with Gasteiger partial charge in [-0.2, -0.15) is 0 Å². The van der Waals surface area contributed by atoms with Gasteiger partial charge >= 0.3 is 0 Å². The molecular formula is C18H21NO2. The first-order chi connectivity index (χ1) is 10.1. The van der Waals surface area contributed by atoms with E-state index in [0.717, 1.165) is 5.56 Å². The van der Waals surface area contributed by atoms with E-state index < -0.39 is 6.10 Å². The predicted octanol–water partition coefficient (Wildman–Crippen LogP) is 3.27. The first-order valence-electron chi connectivity index (χ1n) is 7.19. The van der Waals surface area contributed by atoms with Crippen LogP contribution in [0.2, 0.25) is 0 Å². The summed E-state index contributed by atoms with van der Waals surface area (Å²) in [5.41, 5.74) is 2.61. The normalized spacial score (nSPS) is 12.2. The van der Waals surface area contributed by atoms with Gasteiger partial charge in [0.05, 0.1) is 6.10 Å². The Labute approximate surface area is 125 Å². The Morgan fingerprint density at radius 3 is 2.19 bits per heavy atom. The van der Waals surface area contributed by atoms with Crippen molar-refractivity contribution in [1.29, 1.82) is 0 Å². The van der Waals surface area contributed by atoms with Gasteiger partial charge in [-0.15, -0.1) is 0 Å². The molecule has 110 valence electrons. The van der Waals surface area contributed by atoms with Crippen LogP contribution in [-0.4, -0.2) is 17.6 Å². The van der Waals surface area contributed by atoms with E-state index >= 15 is 0 Å². The van der Waals surface area contributed by atoms with E-state index in [1.165, 1.54) is 5.56 Å². The lowest BCUT2D eigenvalue weighted by atomic mass is 10.0. The van der Waals surface area contributed by atoms with Crippen molar-refractivity contribution >= 4 is 5.91 Å². The van der Waals surface area contributed by atoms with Crippen molar-refractivity contribution in [2.75, 3.05) is 6.54 Å². The molecule has 0 radical (unpaired) electrons. The van der Waals surface area contributed by atoms with Gasteiger partial charge in [0.2, 0.25) is 0 Å². The molecule has 0 fully saturated rings. The molecule has 0 saturated carbocycles. The fraction of sp³-hybridized carbons (Fsp3) is 0.278. The highest BCUT2D eigenvalue weighted by molar-refractivity contribution is 5.94. The number of hydrogen-bond donors (Lipinski definition) is 2. The average Bonchev–Trinajstić information content (AvgIpc) is 2.53. The summed E-state index contributed by atoms with van der Waals surface area (Å²) >= 11 is 0. The SMILES string of the molecule is CC(C)c1ccc(C(=O)NCC(O)c2ccccc2)cc1. The molecule has 1 unspecified atom stereocenters.